The molecule has 6 aromatic rings. The molecular weight excluding hydrogens is 413 g/mol. The third-order valence-corrected chi connectivity index (χ3v) is 7.32. The van der Waals surface area contributed by atoms with Crippen molar-refractivity contribution in [3.8, 4) is 0 Å². The van der Waals surface area contributed by atoms with E-state index in [9.17, 15) is 0 Å². The van der Waals surface area contributed by atoms with Crippen molar-refractivity contribution in [3.05, 3.63) is 109 Å². The van der Waals surface area contributed by atoms with Gasteiger partial charge in [-0.25, -0.2) is 5.09 Å². The SMILES string of the molecule is CC(Np1oc2ccc3ccccc3c2c2c(ccc3ccccc32)o1)c1ccccc1. The van der Waals surface area contributed by atoms with Crippen LogP contribution in [0.1, 0.15) is 18.5 Å². The van der Waals surface area contributed by atoms with Crippen LogP contribution in [0.15, 0.2) is 112 Å². The molecule has 0 aliphatic rings. The van der Waals surface area contributed by atoms with E-state index in [2.05, 4.69) is 109 Å². The van der Waals surface area contributed by atoms with Gasteiger partial charge >= 0.3 is 8.16 Å². The molecule has 1 heterocycles. The van der Waals surface area contributed by atoms with E-state index >= 15 is 0 Å². The zero-order chi connectivity index (χ0) is 21.5. The summed E-state index contributed by atoms with van der Waals surface area (Å²) < 4.78 is 13.0. The highest BCUT2D eigenvalue weighted by Crippen LogP contribution is 2.41. The second-order valence-corrected chi connectivity index (χ2v) is 9.16. The molecule has 0 bridgehead atoms. The van der Waals surface area contributed by atoms with Crippen LogP contribution < -0.4 is 5.09 Å². The Kier molecular flexibility index (Phi) is 4.72. The van der Waals surface area contributed by atoms with E-state index in [4.69, 9.17) is 8.39 Å². The predicted molar refractivity (Wildman–Crippen MR) is 136 cm³/mol. The topological polar surface area (TPSA) is 38.3 Å². The Labute approximate surface area is 186 Å². The smallest absolute Gasteiger partial charge is 0.307 e. The highest BCUT2D eigenvalue weighted by Gasteiger charge is 2.14. The van der Waals surface area contributed by atoms with Crippen molar-refractivity contribution in [1.82, 2.24) is 0 Å². The lowest BCUT2D eigenvalue weighted by molar-refractivity contribution is 0.637. The Bertz CT molecular complexity index is 1520. The minimum Gasteiger partial charge on any atom is -0.408 e. The normalized spacial score (nSPS) is 12.5. The number of hydrogen-bond donors (Lipinski definition) is 1. The zero-order valence-electron chi connectivity index (χ0n) is 17.7. The van der Waals surface area contributed by atoms with Crippen LogP contribution in [0, 0.1) is 0 Å². The monoisotopic (exact) mass is 435 g/mol. The molecular formula is C28H22NO2P. The van der Waals surface area contributed by atoms with E-state index in [0.717, 1.165) is 21.9 Å². The summed E-state index contributed by atoms with van der Waals surface area (Å²) in [6.07, 6.45) is 0. The molecule has 6 rings (SSSR count). The van der Waals surface area contributed by atoms with Crippen molar-refractivity contribution in [2.45, 2.75) is 13.0 Å². The quantitative estimate of drug-likeness (QED) is 0.302. The van der Waals surface area contributed by atoms with E-state index in [1.54, 1.807) is 0 Å². The van der Waals surface area contributed by atoms with Crippen molar-refractivity contribution in [2.75, 3.05) is 5.09 Å². The molecule has 0 amide bonds. The molecule has 1 N–H and O–H groups in total. The summed E-state index contributed by atoms with van der Waals surface area (Å²) in [5, 5.41) is 10.5. The van der Waals surface area contributed by atoms with Gasteiger partial charge in [-0.2, -0.15) is 0 Å². The van der Waals surface area contributed by atoms with Gasteiger partial charge in [-0.1, -0.05) is 91.0 Å². The molecule has 0 saturated heterocycles. The van der Waals surface area contributed by atoms with Gasteiger partial charge in [0.15, 0.2) is 0 Å². The fraction of sp³-hybridized carbons (Fsp3) is 0.0714. The van der Waals surface area contributed by atoms with Gasteiger partial charge in [0, 0.05) is 16.8 Å². The Morgan fingerprint density at radius 3 is 1.66 bits per heavy atom. The molecule has 1 aromatic heterocycles. The van der Waals surface area contributed by atoms with Gasteiger partial charge in [0.25, 0.3) is 0 Å². The first-order valence-corrected chi connectivity index (χ1v) is 12.0. The average Bonchev–Trinajstić information content (AvgIpc) is 3.01. The molecule has 1 unspecified atom stereocenters. The maximum atomic E-state index is 6.52. The molecule has 0 fully saturated rings. The maximum Gasteiger partial charge on any atom is 0.307 e. The van der Waals surface area contributed by atoms with Crippen LogP contribution in [-0.4, -0.2) is 0 Å². The summed E-state index contributed by atoms with van der Waals surface area (Å²) in [7, 11) is -1.40. The lowest BCUT2D eigenvalue weighted by Gasteiger charge is -2.11. The van der Waals surface area contributed by atoms with E-state index in [-0.39, 0.29) is 6.04 Å². The van der Waals surface area contributed by atoms with Crippen LogP contribution in [-0.2, 0) is 0 Å². The molecule has 32 heavy (non-hydrogen) atoms. The van der Waals surface area contributed by atoms with Crippen LogP contribution in [0.4, 0.5) is 0 Å². The summed E-state index contributed by atoms with van der Waals surface area (Å²) in [5.41, 5.74) is 2.89. The number of hydrogen-bond acceptors (Lipinski definition) is 3. The molecule has 0 spiro atoms. The van der Waals surface area contributed by atoms with Gasteiger partial charge in [-0.15, -0.1) is 0 Å². The summed E-state index contributed by atoms with van der Waals surface area (Å²) in [4.78, 5) is 0. The van der Waals surface area contributed by atoms with E-state index in [1.165, 1.54) is 27.1 Å². The first-order valence-electron chi connectivity index (χ1n) is 10.8. The second kappa shape index (κ2) is 7.87. The molecule has 5 aromatic carbocycles. The van der Waals surface area contributed by atoms with Gasteiger partial charge in [-0.05, 0) is 46.2 Å². The molecule has 156 valence electrons. The van der Waals surface area contributed by atoms with Crippen molar-refractivity contribution < 1.29 is 8.39 Å². The Morgan fingerprint density at radius 2 is 1.09 bits per heavy atom. The second-order valence-electron chi connectivity index (χ2n) is 8.02. The standard InChI is InChI=1S/C28H22NO2P/c1-19(20-9-3-2-4-10-20)29-32-30-25-17-15-21-11-5-7-13-23(21)27(25)28-24-14-8-6-12-22(24)16-18-26(28)31-32/h2-19,29H,1H3. The lowest BCUT2D eigenvalue weighted by atomic mass is 9.99. The van der Waals surface area contributed by atoms with Crippen LogP contribution >= 0.6 is 8.16 Å². The molecule has 0 aliphatic carbocycles. The van der Waals surface area contributed by atoms with Crippen molar-refractivity contribution in [1.29, 1.82) is 0 Å². The van der Waals surface area contributed by atoms with Crippen molar-refractivity contribution >= 4 is 51.6 Å². The van der Waals surface area contributed by atoms with Gasteiger partial charge in [0.2, 0.25) is 0 Å². The first-order chi connectivity index (χ1) is 15.8. The number of fused-ring (bicyclic) bond motifs is 7. The van der Waals surface area contributed by atoms with Crippen LogP contribution in [0.5, 0.6) is 0 Å². The van der Waals surface area contributed by atoms with Gasteiger partial charge < -0.3 is 8.39 Å². The zero-order valence-corrected chi connectivity index (χ0v) is 18.6. The van der Waals surface area contributed by atoms with Gasteiger partial charge in [0.1, 0.15) is 11.2 Å². The molecule has 1 atom stereocenters. The highest BCUT2D eigenvalue weighted by molar-refractivity contribution is 7.38. The Balaban J connectivity index is 1.70. The number of rotatable bonds is 3. The Hall–Kier alpha value is -3.52. The minimum atomic E-state index is -1.40. The predicted octanol–water partition coefficient (Wildman–Crippen LogP) is 8.90. The first kappa shape index (κ1) is 19.2. The average molecular weight is 435 g/mol. The molecule has 0 saturated carbocycles. The largest absolute Gasteiger partial charge is 0.408 e. The highest BCUT2D eigenvalue weighted by atomic mass is 31.1. The summed E-state index contributed by atoms with van der Waals surface area (Å²) >= 11 is 0. The summed E-state index contributed by atoms with van der Waals surface area (Å²) in [6.45, 7) is 2.14. The fourth-order valence-electron chi connectivity index (χ4n) is 4.40. The lowest BCUT2D eigenvalue weighted by Crippen LogP contribution is -2.02. The third-order valence-electron chi connectivity index (χ3n) is 5.99. The van der Waals surface area contributed by atoms with Crippen molar-refractivity contribution in [3.63, 3.8) is 0 Å². The molecule has 3 nitrogen and oxygen atoms in total. The van der Waals surface area contributed by atoms with Crippen LogP contribution in [0.3, 0.4) is 0 Å². The van der Waals surface area contributed by atoms with Gasteiger partial charge in [-0.3, -0.25) is 0 Å². The summed E-state index contributed by atoms with van der Waals surface area (Å²) in [6, 6.07) is 35.8. The van der Waals surface area contributed by atoms with E-state index < -0.39 is 8.16 Å². The Morgan fingerprint density at radius 1 is 0.594 bits per heavy atom. The van der Waals surface area contributed by atoms with E-state index in [1.807, 2.05) is 6.07 Å². The van der Waals surface area contributed by atoms with Gasteiger partial charge in [0.05, 0.1) is 0 Å². The number of benzene rings is 5. The summed E-state index contributed by atoms with van der Waals surface area (Å²) in [5.74, 6) is 0. The van der Waals surface area contributed by atoms with E-state index in [0.29, 0.717) is 0 Å². The third kappa shape index (κ3) is 3.27. The fourth-order valence-corrected chi connectivity index (χ4v) is 5.66. The molecule has 0 aliphatic heterocycles. The van der Waals surface area contributed by atoms with Crippen molar-refractivity contribution in [2.24, 2.45) is 0 Å². The minimum absolute atomic E-state index is 0.0909. The molecule has 4 heteroatoms. The van der Waals surface area contributed by atoms with Crippen LogP contribution in [0.25, 0.3) is 43.5 Å². The molecule has 0 radical (unpaired) electrons. The number of nitrogens with one attached hydrogen (secondary N) is 1. The maximum absolute atomic E-state index is 6.52. The van der Waals surface area contributed by atoms with Crippen LogP contribution in [0.2, 0.25) is 0 Å².